The highest BCUT2D eigenvalue weighted by Gasteiger charge is 2.20. The molecule has 0 atom stereocenters. The van der Waals surface area contributed by atoms with Gasteiger partial charge >= 0.3 is 0 Å². The van der Waals surface area contributed by atoms with Gasteiger partial charge in [-0.25, -0.2) is 4.98 Å². The highest BCUT2D eigenvalue weighted by atomic mass is 16.3. The Balaban J connectivity index is 1.83. The van der Waals surface area contributed by atoms with Gasteiger partial charge in [-0.05, 0) is 30.4 Å². The van der Waals surface area contributed by atoms with E-state index in [2.05, 4.69) is 15.2 Å². The lowest BCUT2D eigenvalue weighted by Crippen LogP contribution is -2.38. The molecular weight excluding hydrogens is 242 g/mol. The molecule has 5 nitrogen and oxygen atoms in total. The number of pyridine rings is 1. The van der Waals surface area contributed by atoms with Crippen LogP contribution >= 0.6 is 0 Å². The number of aliphatic hydroxyl groups excluding tert-OH is 1. The Hall–Kier alpha value is -1.62. The largest absolute Gasteiger partial charge is 0.392 e. The fraction of sp³-hybridized carbons (Fsp3) is 0.571. The lowest BCUT2D eigenvalue weighted by molar-refractivity contribution is -0.119. The van der Waals surface area contributed by atoms with E-state index in [1.54, 1.807) is 13.1 Å². The molecule has 2 heterocycles. The first-order chi connectivity index (χ1) is 9.19. The molecule has 1 aromatic rings. The summed E-state index contributed by atoms with van der Waals surface area (Å²) in [5, 5.41) is 11.9. The monoisotopic (exact) mass is 263 g/mol. The number of rotatable bonds is 4. The van der Waals surface area contributed by atoms with Crippen LogP contribution in [-0.2, 0) is 11.4 Å². The number of aliphatic hydroxyl groups is 1. The molecule has 1 saturated heterocycles. The fourth-order valence-electron chi connectivity index (χ4n) is 2.35. The van der Waals surface area contributed by atoms with Gasteiger partial charge in [-0.1, -0.05) is 6.07 Å². The van der Waals surface area contributed by atoms with Crippen LogP contribution in [0, 0.1) is 5.92 Å². The van der Waals surface area contributed by atoms with E-state index in [9.17, 15) is 4.79 Å². The number of anilines is 1. The second kappa shape index (κ2) is 6.52. The zero-order chi connectivity index (χ0) is 13.7. The van der Waals surface area contributed by atoms with Crippen molar-refractivity contribution >= 4 is 11.7 Å². The van der Waals surface area contributed by atoms with Gasteiger partial charge in [0.05, 0.1) is 6.61 Å². The Bertz CT molecular complexity index is 411. The first-order valence-corrected chi connectivity index (χ1v) is 6.74. The molecule has 5 heteroatoms. The van der Waals surface area contributed by atoms with Crippen molar-refractivity contribution in [3.63, 3.8) is 0 Å². The van der Waals surface area contributed by atoms with Gasteiger partial charge < -0.3 is 15.3 Å². The third kappa shape index (κ3) is 3.92. The molecule has 0 bridgehead atoms. The van der Waals surface area contributed by atoms with Crippen LogP contribution in [0.2, 0.25) is 0 Å². The summed E-state index contributed by atoms with van der Waals surface area (Å²) in [5.41, 5.74) is 0.837. The molecule has 19 heavy (non-hydrogen) atoms. The van der Waals surface area contributed by atoms with Crippen LogP contribution in [-0.4, -0.2) is 35.6 Å². The maximum absolute atomic E-state index is 10.9. The van der Waals surface area contributed by atoms with E-state index in [0.29, 0.717) is 5.92 Å². The van der Waals surface area contributed by atoms with Crippen LogP contribution in [0.3, 0.4) is 0 Å². The number of piperidine rings is 1. The number of amides is 1. The Labute approximate surface area is 113 Å². The third-order valence-electron chi connectivity index (χ3n) is 3.57. The number of hydrogen-bond acceptors (Lipinski definition) is 4. The van der Waals surface area contributed by atoms with Crippen LogP contribution in [0.4, 0.5) is 5.82 Å². The average Bonchev–Trinajstić information content (AvgIpc) is 2.46. The SMILES string of the molecule is CC(=O)NCC1CCN(c2ccc(CO)cn2)CC1. The normalized spacial score (nSPS) is 16.4. The van der Waals surface area contributed by atoms with Gasteiger partial charge in [-0.15, -0.1) is 0 Å². The zero-order valence-electron chi connectivity index (χ0n) is 11.3. The number of carbonyl (C=O) groups excluding carboxylic acids is 1. The van der Waals surface area contributed by atoms with Crippen LogP contribution in [0.1, 0.15) is 25.3 Å². The summed E-state index contributed by atoms with van der Waals surface area (Å²) in [5.74, 6) is 1.58. The third-order valence-corrected chi connectivity index (χ3v) is 3.57. The Kier molecular flexibility index (Phi) is 4.74. The van der Waals surface area contributed by atoms with E-state index in [-0.39, 0.29) is 12.5 Å². The Morgan fingerprint density at radius 2 is 2.21 bits per heavy atom. The Morgan fingerprint density at radius 3 is 2.74 bits per heavy atom. The van der Waals surface area contributed by atoms with Crippen molar-refractivity contribution < 1.29 is 9.90 Å². The van der Waals surface area contributed by atoms with Crippen molar-refractivity contribution in [3.05, 3.63) is 23.9 Å². The van der Waals surface area contributed by atoms with E-state index >= 15 is 0 Å². The summed E-state index contributed by atoms with van der Waals surface area (Å²) in [4.78, 5) is 17.5. The van der Waals surface area contributed by atoms with Crippen molar-refractivity contribution in [1.29, 1.82) is 0 Å². The van der Waals surface area contributed by atoms with E-state index in [4.69, 9.17) is 5.11 Å². The van der Waals surface area contributed by atoms with E-state index in [1.807, 2.05) is 12.1 Å². The minimum Gasteiger partial charge on any atom is -0.392 e. The molecule has 1 aliphatic heterocycles. The standard InChI is InChI=1S/C14H21N3O2/c1-11(19)15-8-12-4-6-17(7-5-12)14-3-2-13(10-18)9-16-14/h2-3,9,12,18H,4-8,10H2,1H3,(H,15,19). The fourth-order valence-corrected chi connectivity index (χ4v) is 2.35. The molecule has 1 amide bonds. The van der Waals surface area contributed by atoms with Gasteiger partial charge in [0, 0.05) is 32.8 Å². The van der Waals surface area contributed by atoms with Crippen LogP contribution < -0.4 is 10.2 Å². The zero-order valence-corrected chi connectivity index (χ0v) is 11.3. The summed E-state index contributed by atoms with van der Waals surface area (Å²) < 4.78 is 0. The van der Waals surface area contributed by atoms with Crippen molar-refractivity contribution in [2.75, 3.05) is 24.5 Å². The second-order valence-electron chi connectivity index (χ2n) is 5.05. The summed E-state index contributed by atoms with van der Waals surface area (Å²) in [6, 6.07) is 3.87. The van der Waals surface area contributed by atoms with Gasteiger partial charge in [-0.2, -0.15) is 0 Å². The highest BCUT2D eigenvalue weighted by Crippen LogP contribution is 2.21. The number of carbonyl (C=O) groups is 1. The molecule has 0 unspecified atom stereocenters. The topological polar surface area (TPSA) is 65.5 Å². The maximum atomic E-state index is 10.9. The van der Waals surface area contributed by atoms with Crippen LogP contribution in [0.15, 0.2) is 18.3 Å². The van der Waals surface area contributed by atoms with Crippen molar-refractivity contribution in [2.45, 2.75) is 26.4 Å². The van der Waals surface area contributed by atoms with Crippen LogP contribution in [0.25, 0.3) is 0 Å². The summed E-state index contributed by atoms with van der Waals surface area (Å²) in [6.07, 6.45) is 3.87. The molecule has 0 saturated carbocycles. The molecule has 2 rings (SSSR count). The summed E-state index contributed by atoms with van der Waals surface area (Å²) >= 11 is 0. The lowest BCUT2D eigenvalue weighted by atomic mass is 9.97. The van der Waals surface area contributed by atoms with E-state index < -0.39 is 0 Å². The van der Waals surface area contributed by atoms with Gasteiger partial charge in [0.1, 0.15) is 5.82 Å². The molecule has 0 spiro atoms. The predicted octanol–water partition coefficient (Wildman–Crippen LogP) is 0.926. The first kappa shape index (κ1) is 13.8. The summed E-state index contributed by atoms with van der Waals surface area (Å²) in [6.45, 7) is 4.30. The van der Waals surface area contributed by atoms with Crippen molar-refractivity contribution in [2.24, 2.45) is 5.92 Å². The molecule has 2 N–H and O–H groups in total. The maximum Gasteiger partial charge on any atom is 0.216 e. The number of nitrogens with one attached hydrogen (secondary N) is 1. The molecule has 0 radical (unpaired) electrons. The molecule has 1 fully saturated rings. The minimum atomic E-state index is 0.0338. The van der Waals surface area contributed by atoms with E-state index in [0.717, 1.165) is 43.9 Å². The minimum absolute atomic E-state index is 0.0338. The lowest BCUT2D eigenvalue weighted by Gasteiger charge is -2.32. The summed E-state index contributed by atoms with van der Waals surface area (Å²) in [7, 11) is 0. The smallest absolute Gasteiger partial charge is 0.216 e. The number of aromatic nitrogens is 1. The van der Waals surface area contributed by atoms with E-state index in [1.165, 1.54) is 0 Å². The highest BCUT2D eigenvalue weighted by molar-refractivity contribution is 5.72. The molecule has 104 valence electrons. The average molecular weight is 263 g/mol. The quantitative estimate of drug-likeness (QED) is 0.848. The molecule has 1 aromatic heterocycles. The number of nitrogens with zero attached hydrogens (tertiary/aromatic N) is 2. The molecular formula is C14H21N3O2. The van der Waals surface area contributed by atoms with Crippen molar-refractivity contribution in [3.8, 4) is 0 Å². The Morgan fingerprint density at radius 1 is 1.47 bits per heavy atom. The molecule has 0 aromatic carbocycles. The van der Waals surface area contributed by atoms with Gasteiger partial charge in [0.2, 0.25) is 5.91 Å². The van der Waals surface area contributed by atoms with Gasteiger partial charge in [0.25, 0.3) is 0 Å². The first-order valence-electron chi connectivity index (χ1n) is 6.74. The van der Waals surface area contributed by atoms with Gasteiger partial charge in [-0.3, -0.25) is 4.79 Å². The second-order valence-corrected chi connectivity index (χ2v) is 5.05. The molecule has 0 aliphatic carbocycles. The predicted molar refractivity (Wildman–Crippen MR) is 73.8 cm³/mol. The van der Waals surface area contributed by atoms with Crippen molar-refractivity contribution in [1.82, 2.24) is 10.3 Å². The molecule has 1 aliphatic rings. The van der Waals surface area contributed by atoms with Gasteiger partial charge in [0.15, 0.2) is 0 Å². The number of hydrogen-bond donors (Lipinski definition) is 2. The van der Waals surface area contributed by atoms with Crippen LogP contribution in [0.5, 0.6) is 0 Å².